The number of allylic oxidation sites excluding steroid dienone is 5. The molecule has 5 atom stereocenters. The van der Waals surface area contributed by atoms with Gasteiger partial charge in [-0.1, -0.05) is 55.5 Å². The van der Waals surface area contributed by atoms with Gasteiger partial charge in [0.05, 0.1) is 12.1 Å². The van der Waals surface area contributed by atoms with E-state index in [4.69, 9.17) is 9.47 Å². The lowest BCUT2D eigenvalue weighted by Crippen LogP contribution is -2.58. The summed E-state index contributed by atoms with van der Waals surface area (Å²) < 4.78 is 11.9. The molecule has 0 saturated carbocycles. The fourth-order valence-electron chi connectivity index (χ4n) is 4.42. The van der Waals surface area contributed by atoms with E-state index in [-0.39, 0.29) is 23.7 Å². The molecule has 2 fully saturated rings. The van der Waals surface area contributed by atoms with E-state index in [0.717, 1.165) is 55.9 Å². The molecule has 31 heavy (non-hydrogen) atoms. The highest BCUT2D eigenvalue weighted by molar-refractivity contribution is 8.14. The van der Waals surface area contributed by atoms with Gasteiger partial charge in [0, 0.05) is 24.7 Å². The number of thioether (sulfide) groups is 1. The van der Waals surface area contributed by atoms with Crippen molar-refractivity contribution in [3.8, 4) is 0 Å². The van der Waals surface area contributed by atoms with E-state index in [0.29, 0.717) is 18.1 Å². The van der Waals surface area contributed by atoms with Crippen LogP contribution in [0.25, 0.3) is 0 Å². The van der Waals surface area contributed by atoms with Gasteiger partial charge >= 0.3 is 5.97 Å². The molecule has 0 unspecified atom stereocenters. The molecule has 3 rings (SSSR count). The lowest BCUT2D eigenvalue weighted by atomic mass is 9.89. The summed E-state index contributed by atoms with van der Waals surface area (Å²) in [5.74, 6) is -1.03. The maximum absolute atomic E-state index is 12.6. The van der Waals surface area contributed by atoms with Gasteiger partial charge in [-0.25, -0.2) is 4.79 Å². The number of hydrogen-bond donors (Lipinski definition) is 2. The maximum atomic E-state index is 12.6. The van der Waals surface area contributed by atoms with Gasteiger partial charge in [0.15, 0.2) is 5.79 Å². The van der Waals surface area contributed by atoms with Crippen LogP contribution in [0.5, 0.6) is 0 Å². The number of fused-ring (bicyclic) bond motifs is 2. The second-order valence-corrected chi connectivity index (χ2v) is 9.63. The fourth-order valence-corrected chi connectivity index (χ4v) is 5.31. The number of nitrogens with one attached hydrogen (secondary N) is 1. The van der Waals surface area contributed by atoms with E-state index in [9.17, 15) is 14.7 Å². The molecule has 3 heterocycles. The number of esters is 1. The van der Waals surface area contributed by atoms with Crippen molar-refractivity contribution in [1.82, 2.24) is 5.32 Å². The highest BCUT2D eigenvalue weighted by Crippen LogP contribution is 2.37. The minimum Gasteiger partial charge on any atom is -0.459 e. The van der Waals surface area contributed by atoms with Gasteiger partial charge in [0.2, 0.25) is 0 Å². The summed E-state index contributed by atoms with van der Waals surface area (Å²) >= 11 is 1.14. The summed E-state index contributed by atoms with van der Waals surface area (Å²) in [5.41, 5.74) is 1.05. The van der Waals surface area contributed by atoms with Crippen LogP contribution < -0.4 is 5.32 Å². The van der Waals surface area contributed by atoms with Crippen molar-refractivity contribution in [3.63, 3.8) is 0 Å². The van der Waals surface area contributed by atoms with E-state index in [2.05, 4.69) is 36.5 Å². The molecule has 0 radical (unpaired) electrons. The molecule has 2 bridgehead atoms. The average molecular weight is 450 g/mol. The van der Waals surface area contributed by atoms with Crippen LogP contribution in [0, 0.1) is 5.92 Å². The lowest BCUT2D eigenvalue weighted by molar-refractivity contribution is -0.283. The quantitative estimate of drug-likeness (QED) is 0.611. The Morgan fingerprint density at radius 2 is 2.06 bits per heavy atom. The van der Waals surface area contributed by atoms with Crippen LogP contribution >= 0.6 is 11.8 Å². The molecule has 0 aromatic carbocycles. The van der Waals surface area contributed by atoms with Crippen LogP contribution in [-0.2, 0) is 14.3 Å². The van der Waals surface area contributed by atoms with Crippen LogP contribution in [0.3, 0.4) is 0 Å². The summed E-state index contributed by atoms with van der Waals surface area (Å²) in [6.45, 7) is 4.21. The average Bonchev–Trinajstić information content (AvgIpc) is 3.18. The number of aliphatic hydroxyl groups is 1. The van der Waals surface area contributed by atoms with Crippen molar-refractivity contribution in [2.75, 3.05) is 5.75 Å². The summed E-state index contributed by atoms with van der Waals surface area (Å²) in [6.07, 6.45) is 15.4. The Morgan fingerprint density at radius 3 is 2.77 bits per heavy atom. The van der Waals surface area contributed by atoms with Crippen molar-refractivity contribution in [1.29, 1.82) is 0 Å². The first-order valence-electron chi connectivity index (χ1n) is 11.5. The summed E-state index contributed by atoms with van der Waals surface area (Å²) in [4.78, 5) is 24.3. The molecular formula is C24H35NO5S. The van der Waals surface area contributed by atoms with Crippen LogP contribution in [0.1, 0.15) is 65.2 Å². The highest BCUT2D eigenvalue weighted by Gasteiger charge is 2.49. The molecule has 0 aromatic heterocycles. The first-order valence-corrected chi connectivity index (χ1v) is 12.5. The number of carbonyl (C=O) groups is 2. The van der Waals surface area contributed by atoms with Crippen LogP contribution in [-0.4, -0.2) is 46.1 Å². The molecule has 0 aromatic rings. The Balaban J connectivity index is 1.81. The van der Waals surface area contributed by atoms with Gasteiger partial charge in [-0.2, -0.15) is 0 Å². The van der Waals surface area contributed by atoms with E-state index in [1.165, 1.54) is 0 Å². The standard InChI is InChI=1S/C24H35NO5S/c1-3-17-9-7-5-6-8-10-18(4-2)13-22(26)29-20-14-19(12-11-17)30-24(28,15-20)21-16-31-23(27)25-21/h5-7,9,13,17,19-21,28H,3-4,8,10-12,14-16H2,1-2H3,(H,25,27)/b6-5-,9-7+,18-13+/t17-,19-,20+,21+,24-/m1/s1. The van der Waals surface area contributed by atoms with Gasteiger partial charge in [0.25, 0.3) is 5.24 Å². The summed E-state index contributed by atoms with van der Waals surface area (Å²) in [7, 11) is 0. The zero-order valence-corrected chi connectivity index (χ0v) is 19.4. The number of ether oxygens (including phenoxy) is 2. The Hall–Kier alpha value is -1.57. The third kappa shape index (κ3) is 6.96. The van der Waals surface area contributed by atoms with Crippen LogP contribution in [0.2, 0.25) is 0 Å². The van der Waals surface area contributed by atoms with E-state index >= 15 is 0 Å². The summed E-state index contributed by atoms with van der Waals surface area (Å²) in [5, 5.41) is 13.9. The first kappa shape index (κ1) is 24.1. The lowest BCUT2D eigenvalue weighted by Gasteiger charge is -2.43. The molecule has 3 aliphatic heterocycles. The fraction of sp³-hybridized carbons (Fsp3) is 0.667. The SMILES string of the molecule is CC/C1=C\C(=O)O[C@H]2C[C@@H](CC[C@H](CC)/C=C/C=C\CC1)O[C@@](O)([C@@H]1CSC(=O)N1)C2. The predicted octanol–water partition coefficient (Wildman–Crippen LogP) is 4.64. The van der Waals surface area contributed by atoms with Crippen LogP contribution in [0.15, 0.2) is 36.0 Å². The third-order valence-electron chi connectivity index (χ3n) is 6.34. The second-order valence-electron chi connectivity index (χ2n) is 8.63. The first-order chi connectivity index (χ1) is 14.9. The van der Waals surface area contributed by atoms with Crippen molar-refractivity contribution in [2.24, 2.45) is 5.92 Å². The number of carbonyl (C=O) groups excluding carboxylic acids is 2. The normalized spacial score (nSPS) is 39.1. The topological polar surface area (TPSA) is 84.9 Å². The van der Waals surface area contributed by atoms with E-state index in [1.54, 1.807) is 6.08 Å². The van der Waals surface area contributed by atoms with Gasteiger partial charge in [-0.05, 0) is 44.4 Å². The second kappa shape index (κ2) is 11.3. The molecular weight excluding hydrogens is 414 g/mol. The Kier molecular flexibility index (Phi) is 8.81. The van der Waals surface area contributed by atoms with E-state index in [1.807, 2.05) is 6.92 Å². The molecule has 1 amide bonds. The molecule has 6 nitrogen and oxygen atoms in total. The third-order valence-corrected chi connectivity index (χ3v) is 7.22. The molecule has 7 heteroatoms. The smallest absolute Gasteiger partial charge is 0.330 e. The predicted molar refractivity (Wildman–Crippen MR) is 123 cm³/mol. The number of amides is 1. The minimum absolute atomic E-state index is 0.160. The largest absolute Gasteiger partial charge is 0.459 e. The molecule has 2 N–H and O–H groups in total. The summed E-state index contributed by atoms with van der Waals surface area (Å²) in [6, 6.07) is -0.506. The van der Waals surface area contributed by atoms with Crippen molar-refractivity contribution >= 4 is 23.0 Å². The van der Waals surface area contributed by atoms with E-state index < -0.39 is 17.9 Å². The number of rotatable bonds is 3. The zero-order chi connectivity index (χ0) is 22.3. The highest BCUT2D eigenvalue weighted by atomic mass is 32.2. The molecule has 172 valence electrons. The van der Waals surface area contributed by atoms with Crippen molar-refractivity contribution < 1.29 is 24.2 Å². The van der Waals surface area contributed by atoms with Crippen LogP contribution in [0.4, 0.5) is 4.79 Å². The molecule has 2 saturated heterocycles. The van der Waals surface area contributed by atoms with Gasteiger partial charge in [-0.3, -0.25) is 4.79 Å². The van der Waals surface area contributed by atoms with Gasteiger partial charge < -0.3 is 19.9 Å². The zero-order valence-electron chi connectivity index (χ0n) is 18.5. The maximum Gasteiger partial charge on any atom is 0.330 e. The molecule has 3 aliphatic rings. The Morgan fingerprint density at radius 1 is 1.23 bits per heavy atom. The number of hydrogen-bond acceptors (Lipinski definition) is 6. The Bertz CT molecular complexity index is 733. The Labute approximate surface area is 189 Å². The van der Waals surface area contributed by atoms with Gasteiger partial charge in [0.1, 0.15) is 6.10 Å². The monoisotopic (exact) mass is 449 g/mol. The van der Waals surface area contributed by atoms with Crippen molar-refractivity contribution in [3.05, 3.63) is 36.0 Å². The van der Waals surface area contributed by atoms with Gasteiger partial charge in [-0.15, -0.1) is 0 Å². The molecule has 0 aliphatic carbocycles. The van der Waals surface area contributed by atoms with Crippen molar-refractivity contribution in [2.45, 2.75) is 89.3 Å². The molecule has 0 spiro atoms. The minimum atomic E-state index is -1.53.